The fraction of sp³-hybridized carbons (Fsp3) is 0.429. The highest BCUT2D eigenvalue weighted by atomic mass is 19.1. The molecule has 4 rings (SSSR count). The number of aryl methyl sites for hydroxylation is 1. The molecule has 7 heteroatoms. The van der Waals surface area contributed by atoms with E-state index in [1.165, 1.54) is 6.92 Å². The lowest BCUT2D eigenvalue weighted by Crippen LogP contribution is -2.22. The Morgan fingerprint density at radius 3 is 2.79 bits per heavy atom. The third kappa shape index (κ3) is 3.61. The molecule has 1 aliphatic carbocycles. The molecule has 1 saturated carbocycles. The molecule has 3 aromatic heterocycles. The number of carbonyl (C=O) groups is 1. The van der Waals surface area contributed by atoms with Gasteiger partial charge in [0.25, 0.3) is 0 Å². The van der Waals surface area contributed by atoms with Crippen molar-refractivity contribution in [3.05, 3.63) is 36.3 Å². The maximum absolute atomic E-state index is 13.4. The van der Waals surface area contributed by atoms with E-state index in [9.17, 15) is 9.18 Å². The van der Waals surface area contributed by atoms with Crippen LogP contribution in [0.5, 0.6) is 5.88 Å². The number of carbonyl (C=O) groups excluding carboxylic acids is 1. The Morgan fingerprint density at radius 2 is 2.14 bits per heavy atom. The van der Waals surface area contributed by atoms with Gasteiger partial charge >= 0.3 is 0 Å². The Balaban J connectivity index is 1.69. The maximum atomic E-state index is 13.4. The zero-order valence-corrected chi connectivity index (χ0v) is 16.2. The second-order valence-corrected chi connectivity index (χ2v) is 7.50. The minimum absolute atomic E-state index is 0.120. The molecule has 0 aromatic carbocycles. The fourth-order valence-corrected chi connectivity index (χ4v) is 3.65. The normalized spacial score (nSPS) is 19.1. The van der Waals surface area contributed by atoms with Crippen molar-refractivity contribution >= 4 is 16.7 Å². The molecule has 0 amide bonds. The van der Waals surface area contributed by atoms with Crippen molar-refractivity contribution in [1.82, 2.24) is 19.7 Å². The van der Waals surface area contributed by atoms with Crippen LogP contribution in [0, 0.1) is 5.92 Å². The van der Waals surface area contributed by atoms with Crippen LogP contribution in [0.25, 0.3) is 22.2 Å². The zero-order chi connectivity index (χ0) is 19.8. The summed E-state index contributed by atoms with van der Waals surface area (Å²) in [6.07, 6.45) is 4.29. The van der Waals surface area contributed by atoms with Crippen LogP contribution in [0.4, 0.5) is 4.39 Å². The van der Waals surface area contributed by atoms with Crippen molar-refractivity contribution in [2.45, 2.75) is 45.4 Å². The average molecular weight is 382 g/mol. The molecular formula is C21H23FN4O2. The Morgan fingerprint density at radius 1 is 1.32 bits per heavy atom. The standard InChI is InChI=1S/C21H23FN4O2/c1-12(22)18-7-5-15(10-23-18)19-9-20-17(11-26(3)25-20)21(24-19)28-13(2)14-4-6-16(27)8-14/h5,7,9-14H,4,6,8H2,1-3H3/t12?,13-,14+/m1/s1. The van der Waals surface area contributed by atoms with Gasteiger partial charge in [0, 0.05) is 43.8 Å². The van der Waals surface area contributed by atoms with E-state index in [-0.39, 0.29) is 12.0 Å². The van der Waals surface area contributed by atoms with Crippen LogP contribution in [-0.2, 0) is 11.8 Å². The highest BCUT2D eigenvalue weighted by Gasteiger charge is 2.29. The number of Topliss-reactive ketones (excluding diaryl/α,β-unsaturated/α-hetero) is 1. The van der Waals surface area contributed by atoms with Crippen molar-refractivity contribution in [2.24, 2.45) is 13.0 Å². The molecule has 0 aliphatic heterocycles. The molecule has 0 spiro atoms. The first-order valence-corrected chi connectivity index (χ1v) is 9.54. The smallest absolute Gasteiger partial charge is 0.225 e. The largest absolute Gasteiger partial charge is 0.474 e. The predicted octanol–water partition coefficient (Wildman–Crippen LogP) is 4.20. The van der Waals surface area contributed by atoms with Gasteiger partial charge in [-0.15, -0.1) is 0 Å². The van der Waals surface area contributed by atoms with E-state index >= 15 is 0 Å². The van der Waals surface area contributed by atoms with E-state index in [2.05, 4.69) is 10.1 Å². The number of ether oxygens (including phenoxy) is 1. The summed E-state index contributed by atoms with van der Waals surface area (Å²) in [7, 11) is 1.85. The van der Waals surface area contributed by atoms with Crippen LogP contribution in [0.3, 0.4) is 0 Å². The van der Waals surface area contributed by atoms with E-state index in [0.717, 1.165) is 22.9 Å². The second-order valence-electron chi connectivity index (χ2n) is 7.50. The van der Waals surface area contributed by atoms with Crippen LogP contribution in [0.2, 0.25) is 0 Å². The molecule has 0 radical (unpaired) electrons. The van der Waals surface area contributed by atoms with Gasteiger partial charge in [-0.3, -0.25) is 14.5 Å². The van der Waals surface area contributed by atoms with E-state index < -0.39 is 6.17 Å². The van der Waals surface area contributed by atoms with E-state index in [1.807, 2.05) is 26.2 Å². The first-order chi connectivity index (χ1) is 13.4. The van der Waals surface area contributed by atoms with Gasteiger partial charge < -0.3 is 4.74 Å². The minimum Gasteiger partial charge on any atom is -0.474 e. The number of pyridine rings is 2. The Labute approximate surface area is 162 Å². The molecule has 3 heterocycles. The van der Waals surface area contributed by atoms with Crippen molar-refractivity contribution in [3.8, 4) is 17.1 Å². The van der Waals surface area contributed by atoms with Gasteiger partial charge in [-0.05, 0) is 38.5 Å². The average Bonchev–Trinajstić information content (AvgIpc) is 3.26. The number of nitrogens with zero attached hydrogens (tertiary/aromatic N) is 4. The van der Waals surface area contributed by atoms with E-state index in [4.69, 9.17) is 9.72 Å². The molecule has 1 fully saturated rings. The molecule has 0 saturated heterocycles. The van der Waals surface area contributed by atoms with Gasteiger partial charge in [0.05, 0.1) is 22.3 Å². The summed E-state index contributed by atoms with van der Waals surface area (Å²) in [5.41, 5.74) is 2.59. The van der Waals surface area contributed by atoms with Crippen LogP contribution in [-0.4, -0.2) is 31.6 Å². The molecule has 3 aromatic rings. The lowest BCUT2D eigenvalue weighted by molar-refractivity contribution is -0.117. The zero-order valence-electron chi connectivity index (χ0n) is 16.2. The Kier molecular flexibility index (Phi) is 4.83. The van der Waals surface area contributed by atoms with Crippen molar-refractivity contribution in [2.75, 3.05) is 0 Å². The molecule has 6 nitrogen and oxygen atoms in total. The highest BCUT2D eigenvalue weighted by molar-refractivity contribution is 5.86. The SMILES string of the molecule is CC(F)c1ccc(-c2cc3nn(C)cc3c(O[C@H](C)[C@H]3CCC(=O)C3)n2)cn1. The third-order valence-electron chi connectivity index (χ3n) is 5.32. The van der Waals surface area contributed by atoms with Gasteiger partial charge in [0.2, 0.25) is 5.88 Å². The molecule has 28 heavy (non-hydrogen) atoms. The summed E-state index contributed by atoms with van der Waals surface area (Å²) in [5, 5.41) is 5.31. The highest BCUT2D eigenvalue weighted by Crippen LogP contribution is 2.32. The van der Waals surface area contributed by atoms with Gasteiger partial charge in [-0.2, -0.15) is 5.10 Å². The molecule has 1 unspecified atom stereocenters. The quantitative estimate of drug-likeness (QED) is 0.661. The third-order valence-corrected chi connectivity index (χ3v) is 5.32. The number of hydrogen-bond donors (Lipinski definition) is 0. The van der Waals surface area contributed by atoms with Gasteiger partial charge in [-0.1, -0.05) is 0 Å². The monoisotopic (exact) mass is 382 g/mol. The minimum atomic E-state index is -1.12. The summed E-state index contributed by atoms with van der Waals surface area (Å²) in [4.78, 5) is 20.5. The molecule has 1 aliphatic rings. The number of fused-ring (bicyclic) bond motifs is 1. The Bertz CT molecular complexity index is 1010. The summed E-state index contributed by atoms with van der Waals surface area (Å²) in [6, 6.07) is 5.34. The van der Waals surface area contributed by atoms with Crippen molar-refractivity contribution in [1.29, 1.82) is 0 Å². The van der Waals surface area contributed by atoms with Crippen LogP contribution < -0.4 is 4.74 Å². The van der Waals surface area contributed by atoms with Crippen LogP contribution in [0.1, 0.15) is 45.0 Å². The first-order valence-electron chi connectivity index (χ1n) is 9.54. The lowest BCUT2D eigenvalue weighted by Gasteiger charge is -2.20. The number of alkyl halides is 1. The van der Waals surface area contributed by atoms with Crippen molar-refractivity contribution < 1.29 is 13.9 Å². The van der Waals surface area contributed by atoms with Crippen molar-refractivity contribution in [3.63, 3.8) is 0 Å². The van der Waals surface area contributed by atoms with E-state index in [1.54, 1.807) is 23.0 Å². The molecule has 0 N–H and O–H groups in total. The topological polar surface area (TPSA) is 69.9 Å². The number of ketones is 1. The number of hydrogen-bond acceptors (Lipinski definition) is 5. The number of halogens is 1. The number of aromatic nitrogens is 4. The lowest BCUT2D eigenvalue weighted by atomic mass is 10.0. The maximum Gasteiger partial charge on any atom is 0.225 e. The Hall–Kier alpha value is -2.83. The van der Waals surface area contributed by atoms with Gasteiger partial charge in [-0.25, -0.2) is 9.37 Å². The second kappa shape index (κ2) is 7.30. The van der Waals surface area contributed by atoms with Gasteiger partial charge in [0.1, 0.15) is 18.1 Å². The predicted molar refractivity (Wildman–Crippen MR) is 104 cm³/mol. The summed E-state index contributed by atoms with van der Waals surface area (Å²) >= 11 is 0. The van der Waals surface area contributed by atoms with Gasteiger partial charge in [0.15, 0.2) is 0 Å². The molecule has 146 valence electrons. The molecule has 0 bridgehead atoms. The van der Waals surface area contributed by atoms with Crippen LogP contribution in [0.15, 0.2) is 30.6 Å². The number of rotatable bonds is 5. The summed E-state index contributed by atoms with van der Waals surface area (Å²) in [6.45, 7) is 3.44. The molecular weight excluding hydrogens is 359 g/mol. The van der Waals surface area contributed by atoms with E-state index in [0.29, 0.717) is 35.9 Å². The fourth-order valence-electron chi connectivity index (χ4n) is 3.65. The van der Waals surface area contributed by atoms with Crippen LogP contribution >= 0.6 is 0 Å². The molecule has 3 atom stereocenters. The summed E-state index contributed by atoms with van der Waals surface area (Å²) in [5.74, 6) is 0.994. The summed E-state index contributed by atoms with van der Waals surface area (Å²) < 4.78 is 21.3. The first kappa shape index (κ1) is 18.5.